The minimum atomic E-state index is -0.555. The normalized spacial score (nSPS) is 10.5. The topological polar surface area (TPSA) is 25.8 Å². The summed E-state index contributed by atoms with van der Waals surface area (Å²) >= 11 is 3.27. The SMILES string of the molecule is Fc1cnc2ccc(Br)cc2n1. The van der Waals surface area contributed by atoms with Crippen LogP contribution in [0.3, 0.4) is 0 Å². The second-order valence-electron chi connectivity index (χ2n) is 2.33. The van der Waals surface area contributed by atoms with Crippen molar-refractivity contribution < 1.29 is 4.39 Å². The van der Waals surface area contributed by atoms with Gasteiger partial charge in [-0.1, -0.05) is 15.9 Å². The first kappa shape index (κ1) is 7.61. The summed E-state index contributed by atoms with van der Waals surface area (Å²) in [5.41, 5.74) is 1.25. The van der Waals surface area contributed by atoms with Gasteiger partial charge in [0.25, 0.3) is 0 Å². The van der Waals surface area contributed by atoms with Gasteiger partial charge in [0.15, 0.2) is 0 Å². The largest absolute Gasteiger partial charge is 0.250 e. The predicted octanol–water partition coefficient (Wildman–Crippen LogP) is 2.53. The second-order valence-corrected chi connectivity index (χ2v) is 3.24. The van der Waals surface area contributed by atoms with Crippen molar-refractivity contribution >= 4 is 27.0 Å². The summed E-state index contributed by atoms with van der Waals surface area (Å²) in [5, 5.41) is 0. The summed E-state index contributed by atoms with van der Waals surface area (Å²) in [7, 11) is 0. The molecule has 0 aliphatic rings. The lowest BCUT2D eigenvalue weighted by Gasteiger charge is -1.95. The standard InChI is InChI=1S/C8H4BrFN2/c9-5-1-2-6-7(3-5)12-8(10)4-11-6/h1-4H. The lowest BCUT2D eigenvalue weighted by atomic mass is 10.3. The Kier molecular flexibility index (Phi) is 1.77. The molecule has 0 aliphatic heterocycles. The van der Waals surface area contributed by atoms with Gasteiger partial charge in [-0.2, -0.15) is 4.39 Å². The van der Waals surface area contributed by atoms with Crippen molar-refractivity contribution in [3.63, 3.8) is 0 Å². The van der Waals surface area contributed by atoms with Crippen molar-refractivity contribution in [3.8, 4) is 0 Å². The molecule has 0 atom stereocenters. The van der Waals surface area contributed by atoms with E-state index in [9.17, 15) is 4.39 Å². The van der Waals surface area contributed by atoms with Crippen LogP contribution >= 0.6 is 15.9 Å². The highest BCUT2D eigenvalue weighted by atomic mass is 79.9. The van der Waals surface area contributed by atoms with Crippen molar-refractivity contribution in [2.75, 3.05) is 0 Å². The average Bonchev–Trinajstić information content (AvgIpc) is 2.03. The van der Waals surface area contributed by atoms with Gasteiger partial charge < -0.3 is 0 Å². The molecule has 60 valence electrons. The van der Waals surface area contributed by atoms with Crippen LogP contribution < -0.4 is 0 Å². The fourth-order valence-electron chi connectivity index (χ4n) is 0.962. The maximum Gasteiger partial charge on any atom is 0.231 e. The number of benzene rings is 1. The van der Waals surface area contributed by atoms with Gasteiger partial charge >= 0.3 is 0 Å². The average molecular weight is 227 g/mol. The van der Waals surface area contributed by atoms with Crippen LogP contribution in [0.25, 0.3) is 11.0 Å². The van der Waals surface area contributed by atoms with Crippen molar-refractivity contribution in [1.29, 1.82) is 0 Å². The summed E-state index contributed by atoms with van der Waals surface area (Å²) in [6, 6.07) is 5.35. The minimum absolute atomic E-state index is 0.555. The van der Waals surface area contributed by atoms with Crippen molar-refractivity contribution in [2.45, 2.75) is 0 Å². The Labute approximate surface area is 76.6 Å². The number of aromatic nitrogens is 2. The van der Waals surface area contributed by atoms with Crippen LogP contribution in [-0.2, 0) is 0 Å². The van der Waals surface area contributed by atoms with Crippen molar-refractivity contribution in [1.82, 2.24) is 9.97 Å². The molecule has 0 unspecified atom stereocenters. The van der Waals surface area contributed by atoms with E-state index in [1.54, 1.807) is 12.1 Å². The molecule has 1 heterocycles. The van der Waals surface area contributed by atoms with Crippen LogP contribution in [0.4, 0.5) is 4.39 Å². The lowest BCUT2D eigenvalue weighted by molar-refractivity contribution is 0.583. The Morgan fingerprint density at radius 3 is 2.92 bits per heavy atom. The zero-order valence-corrected chi connectivity index (χ0v) is 7.55. The van der Waals surface area contributed by atoms with Gasteiger partial charge in [0.05, 0.1) is 17.2 Å². The van der Waals surface area contributed by atoms with Crippen LogP contribution in [0, 0.1) is 5.95 Å². The lowest BCUT2D eigenvalue weighted by Crippen LogP contribution is -1.87. The van der Waals surface area contributed by atoms with E-state index in [1.807, 2.05) is 6.07 Å². The first-order valence-electron chi connectivity index (χ1n) is 3.33. The van der Waals surface area contributed by atoms with Crippen LogP contribution in [0.5, 0.6) is 0 Å². The highest BCUT2D eigenvalue weighted by molar-refractivity contribution is 9.10. The maximum atomic E-state index is 12.6. The quantitative estimate of drug-likeness (QED) is 0.691. The monoisotopic (exact) mass is 226 g/mol. The molecule has 0 fully saturated rings. The zero-order chi connectivity index (χ0) is 8.55. The smallest absolute Gasteiger partial charge is 0.231 e. The summed E-state index contributed by atoms with van der Waals surface area (Å²) < 4.78 is 13.4. The van der Waals surface area contributed by atoms with E-state index in [0.717, 1.165) is 10.7 Å². The molecule has 0 saturated carbocycles. The fourth-order valence-corrected chi connectivity index (χ4v) is 1.31. The molecule has 0 saturated heterocycles. The van der Waals surface area contributed by atoms with Gasteiger partial charge in [-0.25, -0.2) is 9.97 Å². The molecule has 0 amide bonds. The molecule has 1 aromatic carbocycles. The van der Waals surface area contributed by atoms with Crippen LogP contribution in [0.15, 0.2) is 28.9 Å². The van der Waals surface area contributed by atoms with Crippen LogP contribution in [0.2, 0.25) is 0 Å². The van der Waals surface area contributed by atoms with E-state index in [2.05, 4.69) is 25.9 Å². The van der Waals surface area contributed by atoms with E-state index in [0.29, 0.717) is 11.0 Å². The maximum absolute atomic E-state index is 12.6. The third-order valence-corrected chi connectivity index (χ3v) is 1.97. The zero-order valence-electron chi connectivity index (χ0n) is 5.96. The highest BCUT2D eigenvalue weighted by Crippen LogP contribution is 2.15. The second kappa shape index (κ2) is 2.79. The van der Waals surface area contributed by atoms with Crippen LogP contribution in [0.1, 0.15) is 0 Å². The van der Waals surface area contributed by atoms with Gasteiger partial charge in [-0.3, -0.25) is 0 Å². The Balaban J connectivity index is 2.80. The number of hydrogen-bond donors (Lipinski definition) is 0. The Morgan fingerprint density at radius 1 is 1.25 bits per heavy atom. The number of halogens is 2. The number of rotatable bonds is 0. The molecule has 12 heavy (non-hydrogen) atoms. The molecule has 1 aromatic heterocycles. The third-order valence-electron chi connectivity index (χ3n) is 1.47. The van der Waals surface area contributed by atoms with Gasteiger partial charge in [-0.05, 0) is 18.2 Å². The van der Waals surface area contributed by atoms with E-state index < -0.39 is 5.95 Å². The number of nitrogens with zero attached hydrogens (tertiary/aromatic N) is 2. The van der Waals surface area contributed by atoms with E-state index in [4.69, 9.17) is 0 Å². The molecule has 0 bridgehead atoms. The van der Waals surface area contributed by atoms with E-state index in [-0.39, 0.29) is 0 Å². The highest BCUT2D eigenvalue weighted by Gasteiger charge is 1.98. The number of fused-ring (bicyclic) bond motifs is 1. The van der Waals surface area contributed by atoms with Gasteiger partial charge in [0, 0.05) is 4.47 Å². The van der Waals surface area contributed by atoms with Crippen molar-refractivity contribution in [3.05, 3.63) is 34.8 Å². The third kappa shape index (κ3) is 1.30. The summed E-state index contributed by atoms with van der Waals surface area (Å²) in [6.45, 7) is 0. The first-order chi connectivity index (χ1) is 5.75. The summed E-state index contributed by atoms with van der Waals surface area (Å²) in [5.74, 6) is -0.555. The Hall–Kier alpha value is -1.03. The molecule has 4 heteroatoms. The molecular weight excluding hydrogens is 223 g/mol. The van der Waals surface area contributed by atoms with Gasteiger partial charge in [-0.15, -0.1) is 0 Å². The Bertz CT molecular complexity index is 394. The molecule has 0 spiro atoms. The number of hydrogen-bond acceptors (Lipinski definition) is 2. The van der Waals surface area contributed by atoms with Gasteiger partial charge in [0.2, 0.25) is 5.95 Å². The first-order valence-corrected chi connectivity index (χ1v) is 4.13. The summed E-state index contributed by atoms with van der Waals surface area (Å²) in [6.07, 6.45) is 1.11. The molecular formula is C8H4BrFN2. The Morgan fingerprint density at radius 2 is 2.08 bits per heavy atom. The van der Waals surface area contributed by atoms with Crippen LogP contribution in [-0.4, -0.2) is 9.97 Å². The van der Waals surface area contributed by atoms with Gasteiger partial charge in [0.1, 0.15) is 0 Å². The predicted molar refractivity (Wildman–Crippen MR) is 47.2 cm³/mol. The van der Waals surface area contributed by atoms with E-state index >= 15 is 0 Å². The molecule has 0 N–H and O–H groups in total. The van der Waals surface area contributed by atoms with Crippen molar-refractivity contribution in [2.24, 2.45) is 0 Å². The minimum Gasteiger partial charge on any atom is -0.250 e. The fraction of sp³-hybridized carbons (Fsp3) is 0. The summed E-state index contributed by atoms with van der Waals surface area (Å²) in [4.78, 5) is 7.54. The molecule has 2 aromatic rings. The molecule has 2 rings (SSSR count). The van der Waals surface area contributed by atoms with E-state index in [1.165, 1.54) is 0 Å². The molecule has 2 nitrogen and oxygen atoms in total. The molecule has 0 aliphatic carbocycles. The molecule has 0 radical (unpaired) electrons.